The van der Waals surface area contributed by atoms with Crippen molar-refractivity contribution in [2.24, 2.45) is 0 Å². The summed E-state index contributed by atoms with van der Waals surface area (Å²) < 4.78 is 15.5. The van der Waals surface area contributed by atoms with Crippen LogP contribution in [0.25, 0.3) is 0 Å². The van der Waals surface area contributed by atoms with E-state index >= 15 is 0 Å². The van der Waals surface area contributed by atoms with Crippen molar-refractivity contribution in [1.29, 1.82) is 0 Å². The first-order chi connectivity index (χ1) is 7.66. The molecule has 0 amide bonds. The predicted molar refractivity (Wildman–Crippen MR) is 55.3 cm³/mol. The summed E-state index contributed by atoms with van der Waals surface area (Å²) in [4.78, 5) is 10.5. The van der Waals surface area contributed by atoms with Crippen molar-refractivity contribution in [2.45, 2.75) is 5.38 Å². The number of alkyl halides is 1. The molecule has 1 aromatic carbocycles. The molecule has 0 fully saturated rings. The number of aliphatic carboxylic acids is 1. The van der Waals surface area contributed by atoms with Gasteiger partial charge in [0, 0.05) is 6.07 Å². The molecule has 6 heteroatoms. The second kappa shape index (κ2) is 4.49. The maximum atomic E-state index is 10.5. The second-order valence-corrected chi connectivity index (χ2v) is 3.66. The third kappa shape index (κ3) is 2.30. The molecular weight excluding hydrogens is 236 g/mol. The van der Waals surface area contributed by atoms with Crippen molar-refractivity contribution in [3.05, 3.63) is 18.2 Å². The van der Waals surface area contributed by atoms with E-state index in [0.29, 0.717) is 17.2 Å². The van der Waals surface area contributed by atoms with Crippen LogP contribution in [0.5, 0.6) is 17.2 Å². The molecule has 0 aliphatic carbocycles. The van der Waals surface area contributed by atoms with Crippen LogP contribution in [-0.2, 0) is 4.79 Å². The Bertz CT molecular complexity index is 406. The predicted octanol–water partition coefficient (Wildman–Crippen LogP) is 1.49. The molecule has 1 aliphatic rings. The minimum Gasteiger partial charge on any atom is -0.491 e. The van der Waals surface area contributed by atoms with Gasteiger partial charge in [0.25, 0.3) is 0 Å². The molecule has 0 spiro atoms. The van der Waals surface area contributed by atoms with Crippen LogP contribution < -0.4 is 14.2 Å². The summed E-state index contributed by atoms with van der Waals surface area (Å²) in [5.74, 6) is 0.616. The Morgan fingerprint density at radius 1 is 1.50 bits per heavy atom. The molecule has 1 heterocycles. The van der Waals surface area contributed by atoms with Gasteiger partial charge >= 0.3 is 5.97 Å². The Hall–Kier alpha value is -1.62. The third-order valence-corrected chi connectivity index (χ3v) is 2.32. The van der Waals surface area contributed by atoms with Crippen LogP contribution in [0.3, 0.4) is 0 Å². The van der Waals surface area contributed by atoms with Crippen LogP contribution in [-0.4, -0.2) is 29.9 Å². The lowest BCUT2D eigenvalue weighted by atomic mass is 10.3. The highest BCUT2D eigenvalue weighted by molar-refractivity contribution is 6.29. The zero-order valence-electron chi connectivity index (χ0n) is 8.18. The number of carboxylic acid groups (broad SMARTS) is 1. The molecule has 0 radical (unpaired) electrons. The fraction of sp³-hybridized carbons (Fsp3) is 0.300. The highest BCUT2D eigenvalue weighted by Gasteiger charge is 2.16. The number of hydrogen-bond acceptors (Lipinski definition) is 4. The number of ether oxygens (including phenoxy) is 3. The molecule has 16 heavy (non-hydrogen) atoms. The Kier molecular flexibility index (Phi) is 3.05. The Balaban J connectivity index is 1.98. The number of carbonyl (C=O) groups is 1. The van der Waals surface area contributed by atoms with E-state index in [-0.39, 0.29) is 13.4 Å². The van der Waals surface area contributed by atoms with E-state index < -0.39 is 11.3 Å². The van der Waals surface area contributed by atoms with Crippen molar-refractivity contribution in [3.63, 3.8) is 0 Å². The summed E-state index contributed by atoms with van der Waals surface area (Å²) in [6, 6.07) is 4.99. The van der Waals surface area contributed by atoms with Gasteiger partial charge < -0.3 is 19.3 Å². The molecular formula is C10H9ClO5. The first-order valence-corrected chi connectivity index (χ1v) is 5.00. The van der Waals surface area contributed by atoms with Gasteiger partial charge in [-0.3, -0.25) is 4.79 Å². The van der Waals surface area contributed by atoms with Gasteiger partial charge in [-0.15, -0.1) is 11.6 Å². The molecule has 0 bridgehead atoms. The number of rotatable bonds is 4. The van der Waals surface area contributed by atoms with Gasteiger partial charge in [0.2, 0.25) is 6.79 Å². The highest BCUT2D eigenvalue weighted by Crippen LogP contribution is 2.35. The first kappa shape index (κ1) is 10.9. The van der Waals surface area contributed by atoms with Crippen molar-refractivity contribution < 1.29 is 24.1 Å². The van der Waals surface area contributed by atoms with E-state index in [2.05, 4.69) is 0 Å². The molecule has 1 aliphatic heterocycles. The summed E-state index contributed by atoms with van der Waals surface area (Å²) in [7, 11) is 0. The molecule has 0 saturated heterocycles. The zero-order valence-corrected chi connectivity index (χ0v) is 8.94. The lowest BCUT2D eigenvalue weighted by Gasteiger charge is -2.08. The van der Waals surface area contributed by atoms with E-state index in [1.807, 2.05) is 0 Å². The highest BCUT2D eigenvalue weighted by atomic mass is 35.5. The molecule has 1 unspecified atom stereocenters. The van der Waals surface area contributed by atoms with Crippen molar-refractivity contribution in [3.8, 4) is 17.2 Å². The number of fused-ring (bicyclic) bond motifs is 1. The molecule has 5 nitrogen and oxygen atoms in total. The lowest BCUT2D eigenvalue weighted by Crippen LogP contribution is -2.21. The maximum Gasteiger partial charge on any atom is 0.325 e. The number of carboxylic acids is 1. The van der Waals surface area contributed by atoms with Crippen LogP contribution in [0.2, 0.25) is 0 Å². The van der Waals surface area contributed by atoms with Crippen molar-refractivity contribution >= 4 is 17.6 Å². The smallest absolute Gasteiger partial charge is 0.325 e. The zero-order chi connectivity index (χ0) is 11.5. The minimum atomic E-state index is -1.11. The van der Waals surface area contributed by atoms with Gasteiger partial charge in [0.1, 0.15) is 12.4 Å². The SMILES string of the molecule is O=C(O)C(Cl)COc1ccc2c(c1)OCO2. The van der Waals surface area contributed by atoms with E-state index in [9.17, 15) is 4.79 Å². The average Bonchev–Trinajstić information content (AvgIpc) is 2.72. The molecule has 1 N–H and O–H groups in total. The normalized spacial score (nSPS) is 14.6. The fourth-order valence-corrected chi connectivity index (χ4v) is 1.27. The number of hydrogen-bond donors (Lipinski definition) is 1. The van der Waals surface area contributed by atoms with Gasteiger partial charge in [-0.1, -0.05) is 0 Å². The van der Waals surface area contributed by atoms with Crippen LogP contribution >= 0.6 is 11.6 Å². The second-order valence-electron chi connectivity index (χ2n) is 3.13. The summed E-state index contributed by atoms with van der Waals surface area (Å²) in [6.45, 7) is 0.0859. The monoisotopic (exact) mass is 244 g/mol. The fourth-order valence-electron chi connectivity index (χ4n) is 1.21. The largest absolute Gasteiger partial charge is 0.491 e. The quantitative estimate of drug-likeness (QED) is 0.813. The molecule has 1 atom stereocenters. The van der Waals surface area contributed by atoms with Crippen LogP contribution in [0.4, 0.5) is 0 Å². The topological polar surface area (TPSA) is 65.0 Å². The first-order valence-electron chi connectivity index (χ1n) is 4.56. The maximum absolute atomic E-state index is 10.5. The molecule has 1 aromatic rings. The molecule has 86 valence electrons. The van der Waals surface area contributed by atoms with Crippen LogP contribution in [0.1, 0.15) is 0 Å². The number of benzene rings is 1. The van der Waals surface area contributed by atoms with Crippen LogP contribution in [0, 0.1) is 0 Å². The van der Waals surface area contributed by atoms with Gasteiger partial charge in [0.15, 0.2) is 16.9 Å². The summed E-state index contributed by atoms with van der Waals surface area (Å²) in [5.41, 5.74) is 0. The minimum absolute atomic E-state index is 0.101. The van der Waals surface area contributed by atoms with Gasteiger partial charge in [-0.05, 0) is 12.1 Å². The van der Waals surface area contributed by atoms with Crippen LogP contribution in [0.15, 0.2) is 18.2 Å². The summed E-state index contributed by atoms with van der Waals surface area (Å²) >= 11 is 5.50. The van der Waals surface area contributed by atoms with Gasteiger partial charge in [-0.25, -0.2) is 0 Å². The van der Waals surface area contributed by atoms with E-state index in [0.717, 1.165) is 0 Å². The standard InChI is InChI=1S/C10H9ClO5/c11-7(10(12)13)4-14-6-1-2-8-9(3-6)16-5-15-8/h1-3,7H,4-5H2,(H,12,13). The Morgan fingerprint density at radius 2 is 2.25 bits per heavy atom. The van der Waals surface area contributed by atoms with E-state index in [1.54, 1.807) is 18.2 Å². The molecule has 0 aromatic heterocycles. The number of halogens is 1. The molecule has 0 saturated carbocycles. The Labute approximate surface area is 96.5 Å². The summed E-state index contributed by atoms with van der Waals surface area (Å²) in [6.07, 6.45) is 0. The van der Waals surface area contributed by atoms with Gasteiger partial charge in [-0.2, -0.15) is 0 Å². The average molecular weight is 245 g/mol. The van der Waals surface area contributed by atoms with E-state index in [1.165, 1.54) is 0 Å². The molecule has 2 rings (SSSR count). The third-order valence-electron chi connectivity index (χ3n) is 2.01. The van der Waals surface area contributed by atoms with Crippen molar-refractivity contribution in [1.82, 2.24) is 0 Å². The Morgan fingerprint density at radius 3 is 3.00 bits per heavy atom. The van der Waals surface area contributed by atoms with Crippen molar-refractivity contribution in [2.75, 3.05) is 13.4 Å². The lowest BCUT2D eigenvalue weighted by molar-refractivity contribution is -0.137. The van der Waals surface area contributed by atoms with Gasteiger partial charge in [0.05, 0.1) is 0 Å². The van der Waals surface area contributed by atoms with E-state index in [4.69, 9.17) is 30.9 Å². The summed E-state index contributed by atoms with van der Waals surface area (Å²) in [5, 5.41) is 7.49.